The van der Waals surface area contributed by atoms with Gasteiger partial charge in [0, 0.05) is 6.42 Å². The predicted molar refractivity (Wildman–Crippen MR) is 67.7 cm³/mol. The molecule has 0 saturated heterocycles. The Bertz CT molecular complexity index is 521. The highest BCUT2D eigenvalue weighted by Gasteiger charge is 2.30. The number of hydrogen-bond acceptors (Lipinski definition) is 5. The van der Waals surface area contributed by atoms with Gasteiger partial charge in [-0.3, -0.25) is 14.9 Å². The minimum atomic E-state index is -1.23. The molecule has 1 aromatic heterocycles. The summed E-state index contributed by atoms with van der Waals surface area (Å²) in [6.45, 7) is 4.56. The van der Waals surface area contributed by atoms with Gasteiger partial charge < -0.3 is 14.8 Å². The first kappa shape index (κ1) is 15.7. The number of amides is 3. The summed E-state index contributed by atoms with van der Waals surface area (Å²) in [6.07, 6.45) is 1.21. The molecule has 0 atom stereocenters. The van der Waals surface area contributed by atoms with E-state index in [0.717, 1.165) is 0 Å². The minimum absolute atomic E-state index is 0.0370. The van der Waals surface area contributed by atoms with Crippen molar-refractivity contribution in [2.45, 2.75) is 33.7 Å². The van der Waals surface area contributed by atoms with E-state index < -0.39 is 23.3 Å². The van der Waals surface area contributed by atoms with Crippen LogP contribution in [0.1, 0.15) is 31.9 Å². The van der Waals surface area contributed by atoms with Crippen LogP contribution in [0.3, 0.4) is 0 Å². The predicted octanol–water partition coefficient (Wildman–Crippen LogP) is 0.810. The minimum Gasteiger partial charge on any atom is -0.481 e. The van der Waals surface area contributed by atoms with Gasteiger partial charge in [0.2, 0.25) is 11.8 Å². The molecular weight excluding hydrogens is 266 g/mol. The maximum atomic E-state index is 11.5. The smallest absolute Gasteiger partial charge is 0.321 e. The summed E-state index contributed by atoms with van der Waals surface area (Å²) < 4.78 is 5.13. The molecule has 0 aliphatic rings. The largest absolute Gasteiger partial charge is 0.481 e. The molecule has 1 heterocycles. The molecule has 0 aliphatic carbocycles. The number of oxazole rings is 1. The average molecular weight is 283 g/mol. The topological polar surface area (TPSA) is 122 Å². The molecule has 3 N–H and O–H groups in total. The Morgan fingerprint density at radius 3 is 2.55 bits per heavy atom. The molecule has 20 heavy (non-hydrogen) atoms. The zero-order valence-corrected chi connectivity index (χ0v) is 11.5. The third kappa shape index (κ3) is 4.71. The van der Waals surface area contributed by atoms with Crippen molar-refractivity contribution in [2.75, 3.05) is 0 Å². The zero-order valence-electron chi connectivity index (χ0n) is 11.5. The Labute approximate surface area is 115 Å². The van der Waals surface area contributed by atoms with E-state index in [1.165, 1.54) is 20.0 Å². The maximum absolute atomic E-state index is 11.5. The van der Waals surface area contributed by atoms with E-state index in [-0.39, 0.29) is 13.0 Å². The fraction of sp³-hybridized carbons (Fsp3) is 0.500. The number of aliphatic carboxylic acids is 1. The lowest BCUT2D eigenvalue weighted by atomic mass is 9.89. The quantitative estimate of drug-likeness (QED) is 0.735. The van der Waals surface area contributed by atoms with Gasteiger partial charge >= 0.3 is 12.0 Å². The van der Waals surface area contributed by atoms with Crippen LogP contribution in [0.2, 0.25) is 0 Å². The molecule has 0 unspecified atom stereocenters. The van der Waals surface area contributed by atoms with Crippen LogP contribution < -0.4 is 10.6 Å². The van der Waals surface area contributed by atoms with Gasteiger partial charge in [0.1, 0.15) is 5.76 Å². The second-order valence-corrected chi connectivity index (χ2v) is 4.96. The molecule has 0 aliphatic heterocycles. The normalized spacial score (nSPS) is 10.9. The average Bonchev–Trinajstić information content (AvgIpc) is 2.71. The Morgan fingerprint density at radius 1 is 1.40 bits per heavy atom. The van der Waals surface area contributed by atoms with Gasteiger partial charge in [-0.1, -0.05) is 0 Å². The van der Waals surface area contributed by atoms with E-state index in [2.05, 4.69) is 10.3 Å². The summed E-state index contributed by atoms with van der Waals surface area (Å²) in [6, 6.07) is -0.730. The van der Waals surface area contributed by atoms with E-state index in [0.29, 0.717) is 11.7 Å². The number of rotatable bonds is 5. The van der Waals surface area contributed by atoms with Crippen LogP contribution in [0.15, 0.2) is 10.6 Å². The highest BCUT2D eigenvalue weighted by atomic mass is 16.4. The van der Waals surface area contributed by atoms with Crippen molar-refractivity contribution in [1.82, 2.24) is 15.6 Å². The Balaban J connectivity index is 2.39. The molecule has 0 saturated carbocycles. The standard InChI is InChI=1S/C12H17N3O5/c1-7-5-13-9(20-7)6-14-11(19)15-8(16)4-12(2,3)10(17)18/h5H,4,6H2,1-3H3,(H,17,18)(H2,14,15,16,19). The Kier molecular flexibility index (Phi) is 4.84. The number of imide groups is 1. The summed E-state index contributed by atoms with van der Waals surface area (Å²) in [5.74, 6) is -0.848. The van der Waals surface area contributed by atoms with Crippen LogP contribution in [0.25, 0.3) is 0 Å². The Hall–Kier alpha value is -2.38. The van der Waals surface area contributed by atoms with Gasteiger partial charge in [0.05, 0.1) is 18.2 Å². The number of aryl methyl sites for hydroxylation is 1. The van der Waals surface area contributed by atoms with E-state index in [4.69, 9.17) is 9.52 Å². The van der Waals surface area contributed by atoms with E-state index in [9.17, 15) is 14.4 Å². The van der Waals surface area contributed by atoms with Crippen molar-refractivity contribution >= 4 is 17.9 Å². The molecular formula is C12H17N3O5. The van der Waals surface area contributed by atoms with Crippen molar-refractivity contribution < 1.29 is 23.9 Å². The fourth-order valence-electron chi connectivity index (χ4n) is 1.33. The number of hydrogen-bond donors (Lipinski definition) is 3. The highest BCUT2D eigenvalue weighted by Crippen LogP contribution is 2.19. The van der Waals surface area contributed by atoms with Crippen molar-refractivity contribution in [2.24, 2.45) is 5.41 Å². The van der Waals surface area contributed by atoms with Crippen LogP contribution in [-0.2, 0) is 16.1 Å². The summed E-state index contributed by atoms with van der Waals surface area (Å²) in [5.41, 5.74) is -1.23. The van der Waals surface area contributed by atoms with E-state index in [1.54, 1.807) is 6.92 Å². The fourth-order valence-corrected chi connectivity index (χ4v) is 1.33. The SMILES string of the molecule is Cc1cnc(CNC(=O)NC(=O)CC(C)(C)C(=O)O)o1. The van der Waals surface area contributed by atoms with Crippen LogP contribution in [0, 0.1) is 12.3 Å². The molecule has 0 spiro atoms. The third-order valence-corrected chi connectivity index (χ3v) is 2.50. The van der Waals surface area contributed by atoms with Gasteiger partial charge in [-0.15, -0.1) is 0 Å². The van der Waals surface area contributed by atoms with Crippen molar-refractivity contribution in [3.05, 3.63) is 17.8 Å². The molecule has 8 heteroatoms. The van der Waals surface area contributed by atoms with E-state index in [1.807, 2.05) is 5.32 Å². The number of carboxylic acid groups (broad SMARTS) is 1. The van der Waals surface area contributed by atoms with Gasteiger partial charge in [-0.2, -0.15) is 0 Å². The van der Waals surface area contributed by atoms with E-state index >= 15 is 0 Å². The monoisotopic (exact) mass is 283 g/mol. The number of nitrogens with zero attached hydrogens (tertiary/aromatic N) is 1. The zero-order chi connectivity index (χ0) is 15.3. The van der Waals surface area contributed by atoms with Gasteiger partial charge in [0.25, 0.3) is 0 Å². The number of aromatic nitrogens is 1. The van der Waals surface area contributed by atoms with Crippen LogP contribution in [-0.4, -0.2) is 28.0 Å². The molecule has 1 aromatic rings. The first-order valence-electron chi connectivity index (χ1n) is 5.93. The lowest BCUT2D eigenvalue weighted by Crippen LogP contribution is -2.41. The molecule has 0 radical (unpaired) electrons. The van der Waals surface area contributed by atoms with Crippen molar-refractivity contribution in [3.63, 3.8) is 0 Å². The van der Waals surface area contributed by atoms with Crippen LogP contribution >= 0.6 is 0 Å². The highest BCUT2D eigenvalue weighted by molar-refractivity contribution is 5.96. The number of urea groups is 1. The summed E-state index contributed by atoms with van der Waals surface area (Å²) in [7, 11) is 0. The number of nitrogens with one attached hydrogen (secondary N) is 2. The molecule has 0 aromatic carbocycles. The lowest BCUT2D eigenvalue weighted by Gasteiger charge is -2.17. The number of carboxylic acids is 1. The number of carbonyl (C=O) groups excluding carboxylic acids is 2. The molecule has 0 fully saturated rings. The second kappa shape index (κ2) is 6.18. The lowest BCUT2D eigenvalue weighted by molar-refractivity contribution is -0.149. The van der Waals surface area contributed by atoms with Crippen LogP contribution in [0.4, 0.5) is 4.79 Å². The first-order chi connectivity index (χ1) is 9.20. The van der Waals surface area contributed by atoms with Gasteiger partial charge in [-0.25, -0.2) is 9.78 Å². The van der Waals surface area contributed by atoms with Crippen molar-refractivity contribution in [3.8, 4) is 0 Å². The second-order valence-electron chi connectivity index (χ2n) is 4.96. The molecule has 110 valence electrons. The summed E-state index contributed by atoms with van der Waals surface area (Å²) >= 11 is 0. The summed E-state index contributed by atoms with van der Waals surface area (Å²) in [4.78, 5) is 37.7. The van der Waals surface area contributed by atoms with Gasteiger partial charge in [-0.05, 0) is 20.8 Å². The first-order valence-corrected chi connectivity index (χ1v) is 5.93. The Morgan fingerprint density at radius 2 is 2.05 bits per heavy atom. The summed E-state index contributed by atoms with van der Waals surface area (Å²) in [5, 5.41) is 13.3. The molecule has 8 nitrogen and oxygen atoms in total. The van der Waals surface area contributed by atoms with Gasteiger partial charge in [0.15, 0.2) is 0 Å². The molecule has 3 amide bonds. The third-order valence-electron chi connectivity index (χ3n) is 2.50. The maximum Gasteiger partial charge on any atom is 0.321 e. The van der Waals surface area contributed by atoms with Crippen molar-refractivity contribution in [1.29, 1.82) is 0 Å². The molecule has 0 bridgehead atoms. The molecule has 1 rings (SSSR count). The number of carbonyl (C=O) groups is 3. The van der Waals surface area contributed by atoms with Crippen LogP contribution in [0.5, 0.6) is 0 Å².